The van der Waals surface area contributed by atoms with E-state index in [1.165, 1.54) is 4.90 Å². The molecule has 2 unspecified atom stereocenters. The Kier molecular flexibility index (Phi) is 24.9. The highest BCUT2D eigenvalue weighted by molar-refractivity contribution is 5.81. The molecule has 0 aromatic carbocycles. The van der Waals surface area contributed by atoms with Crippen molar-refractivity contribution in [2.45, 2.75) is 176 Å². The zero-order chi connectivity index (χ0) is 52.3. The fourth-order valence-electron chi connectivity index (χ4n) is 9.09. The third kappa shape index (κ3) is 20.1. The van der Waals surface area contributed by atoms with Gasteiger partial charge in [0.2, 0.25) is 11.8 Å². The highest BCUT2D eigenvalue weighted by atomic mass is 16.7. The summed E-state index contributed by atoms with van der Waals surface area (Å²) in [4.78, 5) is 40.2. The van der Waals surface area contributed by atoms with Crippen LogP contribution >= 0.6 is 0 Å². The molecule has 71 heavy (non-hydrogen) atoms. The Morgan fingerprint density at radius 2 is 1.27 bits per heavy atom. The van der Waals surface area contributed by atoms with Gasteiger partial charge in [-0.05, 0) is 39.0 Å². The van der Waals surface area contributed by atoms with E-state index in [0.717, 1.165) is 0 Å². The number of hydrogen-bond acceptors (Lipinski definition) is 18. The lowest BCUT2D eigenvalue weighted by Gasteiger charge is -2.47. The summed E-state index contributed by atoms with van der Waals surface area (Å²) in [5, 5.41) is 109. The summed E-state index contributed by atoms with van der Waals surface area (Å²) in [6, 6.07) is -1.13. The summed E-state index contributed by atoms with van der Waals surface area (Å²) in [5.74, 6) is -6.06. The number of aliphatic hydroxyl groups is 10. The molecule has 0 spiro atoms. The number of primary amides is 1. The molecule has 0 radical (unpaired) electrons. The van der Waals surface area contributed by atoms with E-state index >= 15 is 0 Å². The van der Waals surface area contributed by atoms with Gasteiger partial charge in [-0.3, -0.25) is 14.4 Å². The van der Waals surface area contributed by atoms with Crippen molar-refractivity contribution >= 4 is 17.8 Å². The second kappa shape index (κ2) is 29.7. The van der Waals surface area contributed by atoms with Crippen LogP contribution in [0.4, 0.5) is 0 Å². The van der Waals surface area contributed by atoms with Gasteiger partial charge >= 0.3 is 5.97 Å². The first-order chi connectivity index (χ1) is 33.7. The van der Waals surface area contributed by atoms with Crippen LogP contribution in [-0.2, 0) is 33.3 Å². The first-order valence-corrected chi connectivity index (χ1v) is 24.7. The van der Waals surface area contributed by atoms with Gasteiger partial charge in [-0.25, -0.2) is 0 Å². The lowest BCUT2D eigenvalue weighted by atomic mass is 9.81. The fourth-order valence-corrected chi connectivity index (χ4v) is 9.09. The Balaban J connectivity index is 1.60. The van der Waals surface area contributed by atoms with Gasteiger partial charge in [-0.1, -0.05) is 92.0 Å². The van der Waals surface area contributed by atoms with Crippen molar-refractivity contribution in [2.75, 3.05) is 19.7 Å². The first kappa shape index (κ1) is 59.6. The smallest absolute Gasteiger partial charge is 0.308 e. The van der Waals surface area contributed by atoms with Gasteiger partial charge in [-0.15, -0.1) is 0 Å². The van der Waals surface area contributed by atoms with Crippen LogP contribution in [0.1, 0.15) is 84.5 Å². The van der Waals surface area contributed by atoms with E-state index in [1.54, 1.807) is 61.6 Å². The van der Waals surface area contributed by atoms with Crippen molar-refractivity contribution in [3.8, 4) is 0 Å². The minimum atomic E-state index is -2.30. The van der Waals surface area contributed by atoms with Crippen LogP contribution in [0.5, 0.6) is 0 Å². The molecule has 3 saturated heterocycles. The predicted octanol–water partition coefficient (Wildman–Crippen LogP) is -0.283. The number of cyclic esters (lactones) is 1. The summed E-state index contributed by atoms with van der Waals surface area (Å²) in [6.45, 7) is 3.50. The SMILES string of the molecule is C[C@H]1C[C@H](O)[C@@H](C)\C=C/C=C\C=C/C=C\C=C/C=C\C=C/[C@H](O[C@@H]2OC[C@@H](O)[C@H](N)[C@@H]2O)C[C@@H]2O[C@](O)(CC(O)C[C@@H](O)[C@H](O)CCC(O)C[C@@H](O)CC(=O)O1)C[C@H](O)[C@H]2C(=O)N1CCC(C(N)=O)CC1. The van der Waals surface area contributed by atoms with Gasteiger partial charge < -0.3 is 86.4 Å². The molecule has 20 nitrogen and oxygen atoms in total. The molecule has 0 aliphatic carbocycles. The Morgan fingerprint density at radius 1 is 0.676 bits per heavy atom. The molecule has 0 aromatic rings. The Morgan fingerprint density at radius 3 is 1.87 bits per heavy atom. The number of likely N-dealkylation sites (tertiary alicyclic amines) is 1. The van der Waals surface area contributed by atoms with Gasteiger partial charge in [0.15, 0.2) is 12.1 Å². The second-order valence-corrected chi connectivity index (χ2v) is 19.4. The maximum absolute atomic E-state index is 14.3. The van der Waals surface area contributed by atoms with Gasteiger partial charge in [0.25, 0.3) is 0 Å². The largest absolute Gasteiger partial charge is 0.462 e. The van der Waals surface area contributed by atoms with E-state index in [2.05, 4.69) is 0 Å². The molecule has 0 saturated carbocycles. The van der Waals surface area contributed by atoms with E-state index in [9.17, 15) is 65.4 Å². The Hall–Kier alpha value is -3.97. The topological polar surface area (TPSA) is 346 Å². The molecular formula is C51H79N3O17. The molecule has 4 aliphatic rings. The number of esters is 1. The molecule has 2 amide bonds. The van der Waals surface area contributed by atoms with Crippen molar-refractivity contribution in [3.05, 3.63) is 85.1 Å². The number of hydrogen-bond donors (Lipinski definition) is 12. The van der Waals surface area contributed by atoms with Gasteiger partial charge in [0.05, 0.1) is 86.0 Å². The molecule has 2 bridgehead atoms. The third-order valence-corrected chi connectivity index (χ3v) is 13.3. The van der Waals surface area contributed by atoms with Gasteiger partial charge in [0.1, 0.15) is 12.2 Å². The number of carbonyl (C=O) groups is 3. The van der Waals surface area contributed by atoms with Crippen molar-refractivity contribution < 1.29 is 84.4 Å². The minimum absolute atomic E-state index is 0.104. The van der Waals surface area contributed by atoms with E-state index in [4.69, 9.17) is 30.4 Å². The molecule has 4 heterocycles. The summed E-state index contributed by atoms with van der Waals surface area (Å²) in [7, 11) is 0. The van der Waals surface area contributed by atoms with E-state index in [1.807, 2.05) is 37.3 Å². The van der Waals surface area contributed by atoms with Crippen LogP contribution in [-0.4, -0.2) is 185 Å². The van der Waals surface area contributed by atoms with Gasteiger partial charge in [-0.2, -0.15) is 0 Å². The van der Waals surface area contributed by atoms with Crippen LogP contribution in [0.3, 0.4) is 0 Å². The number of nitrogens with zero attached hydrogens (tertiary/aromatic N) is 1. The maximum Gasteiger partial charge on any atom is 0.308 e. The quantitative estimate of drug-likeness (QED) is 0.161. The number of nitrogens with two attached hydrogens (primary N) is 2. The second-order valence-electron chi connectivity index (χ2n) is 19.4. The van der Waals surface area contributed by atoms with E-state index < -0.39 is 147 Å². The standard InChI is InChI=1S/C51H79N3O17/c1-31-15-13-11-9-7-5-3-4-6-8-10-12-14-16-37(70-50-47(64)46(52)42(62)30-68-50)27-43-45(49(66)54-21-19-33(20-22-54)48(53)65)41(61)29-51(67,71-43)28-36(57)25-40(60)38(58)18-17-34(55)24-35(56)26-44(63)69-32(2)23-39(31)59/h3-16,31-43,45-47,50,55-62,64,67H,17-30,52H2,1-2H3,(H2,53,65)/b4-3-,7-5-,8-6-,11-9-,12-10-,15-13-,16-14-/t31-,32-,34?,35+,36?,37-,38+,39-,40+,41-,42+,43-,45+,46-,47-,50-,51+/m0/s1. The Bertz CT molecular complexity index is 1870. The molecule has 400 valence electrons. The molecule has 3 fully saturated rings. The summed E-state index contributed by atoms with van der Waals surface area (Å²) in [6.07, 6.45) is 5.95. The first-order valence-electron chi connectivity index (χ1n) is 24.7. The van der Waals surface area contributed by atoms with Crippen LogP contribution in [0.25, 0.3) is 0 Å². The highest BCUT2D eigenvalue weighted by Crippen LogP contribution is 2.39. The fraction of sp³-hybridized carbons (Fsp3) is 0.667. The van der Waals surface area contributed by atoms with E-state index in [0.29, 0.717) is 12.8 Å². The summed E-state index contributed by atoms with van der Waals surface area (Å²) in [5.41, 5.74) is 11.6. The van der Waals surface area contributed by atoms with Crippen LogP contribution in [0.15, 0.2) is 85.1 Å². The van der Waals surface area contributed by atoms with Crippen molar-refractivity contribution in [2.24, 2.45) is 29.2 Å². The summed E-state index contributed by atoms with van der Waals surface area (Å²) >= 11 is 0. The number of ether oxygens (including phenoxy) is 4. The average molecular weight is 1010 g/mol. The van der Waals surface area contributed by atoms with E-state index in [-0.39, 0.29) is 57.7 Å². The number of carbonyl (C=O) groups excluding carboxylic acids is 3. The number of allylic oxidation sites excluding steroid dienone is 12. The molecule has 14 N–H and O–H groups in total. The minimum Gasteiger partial charge on any atom is -0.462 e. The normalized spacial score (nSPS) is 42.1. The zero-order valence-corrected chi connectivity index (χ0v) is 40.7. The summed E-state index contributed by atoms with van der Waals surface area (Å²) < 4.78 is 23.4. The number of amides is 2. The van der Waals surface area contributed by atoms with Crippen LogP contribution in [0.2, 0.25) is 0 Å². The van der Waals surface area contributed by atoms with Crippen LogP contribution < -0.4 is 11.5 Å². The maximum atomic E-state index is 14.3. The molecule has 0 aromatic heterocycles. The van der Waals surface area contributed by atoms with Crippen molar-refractivity contribution in [1.29, 1.82) is 0 Å². The van der Waals surface area contributed by atoms with Crippen molar-refractivity contribution in [3.63, 3.8) is 0 Å². The number of aliphatic hydroxyl groups excluding tert-OH is 9. The average Bonchev–Trinajstić information content (AvgIpc) is 3.29. The van der Waals surface area contributed by atoms with Crippen LogP contribution in [0, 0.1) is 17.8 Å². The third-order valence-electron chi connectivity index (χ3n) is 13.3. The predicted molar refractivity (Wildman–Crippen MR) is 259 cm³/mol. The molecule has 4 rings (SSSR count). The lowest BCUT2D eigenvalue weighted by Crippen LogP contribution is -2.60. The zero-order valence-electron chi connectivity index (χ0n) is 40.7. The molecule has 17 atom stereocenters. The molecule has 20 heteroatoms. The number of fused-ring (bicyclic) bond motifs is 2. The lowest BCUT2D eigenvalue weighted by molar-refractivity contribution is -0.305. The monoisotopic (exact) mass is 1010 g/mol. The number of rotatable bonds is 4. The highest BCUT2D eigenvalue weighted by Gasteiger charge is 2.51. The molecular weight excluding hydrogens is 927 g/mol. The Labute approximate surface area is 415 Å². The van der Waals surface area contributed by atoms with Gasteiger partial charge in [0, 0.05) is 57.0 Å². The van der Waals surface area contributed by atoms with Crippen molar-refractivity contribution in [1.82, 2.24) is 4.90 Å². The molecule has 4 aliphatic heterocycles. The number of piperidine rings is 1.